The van der Waals surface area contributed by atoms with Crippen LogP contribution >= 0.6 is 0 Å². The van der Waals surface area contributed by atoms with Gasteiger partial charge in [0.1, 0.15) is 6.61 Å². The van der Waals surface area contributed by atoms with E-state index >= 15 is 0 Å². The normalized spacial score (nSPS) is 10.2. The van der Waals surface area contributed by atoms with Crippen molar-refractivity contribution in [1.29, 1.82) is 0 Å². The van der Waals surface area contributed by atoms with Gasteiger partial charge in [-0.15, -0.1) is 0 Å². The average Bonchev–Trinajstić information content (AvgIpc) is 2.49. The van der Waals surface area contributed by atoms with Gasteiger partial charge in [-0.05, 0) is 37.2 Å². The van der Waals surface area contributed by atoms with Crippen molar-refractivity contribution in [1.82, 2.24) is 5.32 Å². The molecule has 0 spiro atoms. The number of aryl methyl sites for hydroxylation is 1. The van der Waals surface area contributed by atoms with Crippen molar-refractivity contribution in [2.24, 2.45) is 0 Å². The highest BCUT2D eigenvalue weighted by atomic mass is 16.5. The van der Waals surface area contributed by atoms with E-state index < -0.39 is 6.09 Å². The molecule has 21 heavy (non-hydrogen) atoms. The predicted octanol–water partition coefficient (Wildman–Crippen LogP) is 3.46. The van der Waals surface area contributed by atoms with Crippen LogP contribution in [0, 0.1) is 6.92 Å². The molecule has 0 aliphatic heterocycles. The van der Waals surface area contributed by atoms with Gasteiger partial charge in [-0.2, -0.15) is 0 Å². The molecular formula is C17H20N2O2. The van der Waals surface area contributed by atoms with E-state index in [9.17, 15) is 4.79 Å². The molecule has 0 bridgehead atoms. The maximum atomic E-state index is 11.7. The summed E-state index contributed by atoms with van der Waals surface area (Å²) in [5, 5.41) is 5.79. The third-order valence-corrected chi connectivity index (χ3v) is 3.07. The van der Waals surface area contributed by atoms with Crippen molar-refractivity contribution in [3.05, 3.63) is 65.2 Å². The van der Waals surface area contributed by atoms with E-state index in [0.29, 0.717) is 0 Å². The Balaban J connectivity index is 1.82. The second kappa shape index (κ2) is 7.45. The molecule has 0 aliphatic carbocycles. The molecule has 0 heterocycles. The lowest BCUT2D eigenvalue weighted by Gasteiger charge is -2.08. The van der Waals surface area contributed by atoms with E-state index in [2.05, 4.69) is 10.6 Å². The average molecular weight is 284 g/mol. The Labute approximate surface area is 125 Å². The van der Waals surface area contributed by atoms with Gasteiger partial charge in [-0.1, -0.05) is 42.0 Å². The number of anilines is 1. The summed E-state index contributed by atoms with van der Waals surface area (Å²) < 4.78 is 5.19. The Kier molecular flexibility index (Phi) is 5.35. The summed E-state index contributed by atoms with van der Waals surface area (Å²) in [6.07, 6.45) is -0.447. The minimum absolute atomic E-state index is 0.268. The Hall–Kier alpha value is -2.33. The molecule has 2 N–H and O–H groups in total. The van der Waals surface area contributed by atoms with Crippen LogP contribution in [-0.4, -0.2) is 13.1 Å². The van der Waals surface area contributed by atoms with Gasteiger partial charge in [-0.3, -0.25) is 5.32 Å². The number of hydrogen-bond acceptors (Lipinski definition) is 3. The summed E-state index contributed by atoms with van der Waals surface area (Å²) in [5.41, 5.74) is 4.05. The first kappa shape index (κ1) is 15.1. The number of amides is 1. The molecule has 1 amide bonds. The lowest BCUT2D eigenvalue weighted by atomic mass is 10.2. The largest absolute Gasteiger partial charge is 0.444 e. The van der Waals surface area contributed by atoms with Crippen molar-refractivity contribution in [2.45, 2.75) is 20.1 Å². The molecule has 0 unspecified atom stereocenters. The molecule has 0 radical (unpaired) electrons. The van der Waals surface area contributed by atoms with Gasteiger partial charge in [0, 0.05) is 12.2 Å². The van der Waals surface area contributed by atoms with Gasteiger partial charge in [0.15, 0.2) is 0 Å². The molecule has 4 heteroatoms. The van der Waals surface area contributed by atoms with Crippen molar-refractivity contribution < 1.29 is 9.53 Å². The smallest absolute Gasteiger partial charge is 0.411 e. The van der Waals surface area contributed by atoms with Crippen LogP contribution < -0.4 is 10.6 Å². The van der Waals surface area contributed by atoms with Crippen LogP contribution in [0.5, 0.6) is 0 Å². The van der Waals surface area contributed by atoms with Crippen LogP contribution in [-0.2, 0) is 17.9 Å². The fraction of sp³-hybridized carbons (Fsp3) is 0.235. The fourth-order valence-corrected chi connectivity index (χ4v) is 1.90. The van der Waals surface area contributed by atoms with Gasteiger partial charge in [0.05, 0.1) is 0 Å². The van der Waals surface area contributed by atoms with E-state index in [1.54, 1.807) is 0 Å². The van der Waals surface area contributed by atoms with Crippen LogP contribution in [0.4, 0.5) is 10.5 Å². The van der Waals surface area contributed by atoms with Crippen molar-refractivity contribution in [3.8, 4) is 0 Å². The number of rotatable bonds is 5. The summed E-state index contributed by atoms with van der Waals surface area (Å²) >= 11 is 0. The Morgan fingerprint density at radius 2 is 1.62 bits per heavy atom. The van der Waals surface area contributed by atoms with E-state index in [1.807, 2.05) is 62.5 Å². The zero-order valence-electron chi connectivity index (χ0n) is 12.3. The Morgan fingerprint density at radius 1 is 1.00 bits per heavy atom. The van der Waals surface area contributed by atoms with E-state index in [-0.39, 0.29) is 6.61 Å². The minimum Gasteiger partial charge on any atom is -0.444 e. The van der Waals surface area contributed by atoms with Crippen molar-refractivity contribution >= 4 is 11.8 Å². The molecule has 4 nitrogen and oxygen atoms in total. The molecule has 0 aliphatic rings. The van der Waals surface area contributed by atoms with Gasteiger partial charge in [-0.25, -0.2) is 4.79 Å². The van der Waals surface area contributed by atoms with Crippen LogP contribution in [0.25, 0.3) is 0 Å². The summed E-state index contributed by atoms with van der Waals surface area (Å²) in [7, 11) is 1.90. The highest BCUT2D eigenvalue weighted by Gasteiger charge is 2.03. The van der Waals surface area contributed by atoms with Crippen molar-refractivity contribution in [3.63, 3.8) is 0 Å². The number of benzene rings is 2. The van der Waals surface area contributed by atoms with Crippen LogP contribution in [0.1, 0.15) is 16.7 Å². The highest BCUT2D eigenvalue weighted by Crippen LogP contribution is 2.10. The fourth-order valence-electron chi connectivity index (χ4n) is 1.90. The lowest BCUT2D eigenvalue weighted by Crippen LogP contribution is -2.13. The monoisotopic (exact) mass is 284 g/mol. The third-order valence-electron chi connectivity index (χ3n) is 3.07. The first-order valence-corrected chi connectivity index (χ1v) is 6.90. The number of carbonyl (C=O) groups excluding carboxylic acids is 1. The third kappa shape index (κ3) is 4.93. The molecule has 2 rings (SSSR count). The molecule has 2 aromatic carbocycles. The van der Waals surface area contributed by atoms with Gasteiger partial charge in [0.2, 0.25) is 0 Å². The second-order valence-corrected chi connectivity index (χ2v) is 4.91. The summed E-state index contributed by atoms with van der Waals surface area (Å²) in [4.78, 5) is 11.7. The van der Waals surface area contributed by atoms with Crippen LogP contribution in [0.2, 0.25) is 0 Å². The number of hydrogen-bond donors (Lipinski definition) is 2. The molecule has 0 fully saturated rings. The van der Waals surface area contributed by atoms with E-state index in [4.69, 9.17) is 4.74 Å². The molecule has 0 aromatic heterocycles. The van der Waals surface area contributed by atoms with E-state index in [1.165, 1.54) is 5.56 Å². The maximum absolute atomic E-state index is 11.7. The zero-order valence-corrected chi connectivity index (χ0v) is 12.3. The Morgan fingerprint density at radius 3 is 2.24 bits per heavy atom. The van der Waals surface area contributed by atoms with Gasteiger partial charge in [0.25, 0.3) is 0 Å². The van der Waals surface area contributed by atoms with Gasteiger partial charge < -0.3 is 10.1 Å². The maximum Gasteiger partial charge on any atom is 0.411 e. The summed E-state index contributed by atoms with van der Waals surface area (Å²) in [5.74, 6) is 0. The molecule has 110 valence electrons. The first-order chi connectivity index (χ1) is 10.2. The zero-order chi connectivity index (χ0) is 15.1. The number of ether oxygens (including phenoxy) is 1. The van der Waals surface area contributed by atoms with Crippen molar-refractivity contribution in [2.75, 3.05) is 12.4 Å². The molecular weight excluding hydrogens is 264 g/mol. The molecule has 0 atom stereocenters. The number of nitrogens with one attached hydrogen (secondary N) is 2. The van der Waals surface area contributed by atoms with Crippen LogP contribution in [0.3, 0.4) is 0 Å². The topological polar surface area (TPSA) is 50.4 Å². The van der Waals surface area contributed by atoms with E-state index in [0.717, 1.165) is 23.4 Å². The molecule has 0 saturated heterocycles. The van der Waals surface area contributed by atoms with Gasteiger partial charge >= 0.3 is 6.09 Å². The highest BCUT2D eigenvalue weighted by molar-refractivity contribution is 5.84. The number of carbonyl (C=O) groups is 1. The predicted molar refractivity (Wildman–Crippen MR) is 84.2 cm³/mol. The molecule has 2 aromatic rings. The lowest BCUT2D eigenvalue weighted by molar-refractivity contribution is 0.155. The minimum atomic E-state index is -0.447. The first-order valence-electron chi connectivity index (χ1n) is 6.90. The summed E-state index contributed by atoms with van der Waals surface area (Å²) in [6, 6.07) is 15.6. The standard InChI is InChI=1S/C17H20N2O2/c1-13-3-5-15(6-4-13)12-21-17(20)19-16-9-7-14(8-10-16)11-18-2/h3-10,18H,11-12H2,1-2H3,(H,19,20). The van der Waals surface area contributed by atoms with Crippen LogP contribution in [0.15, 0.2) is 48.5 Å². The second-order valence-electron chi connectivity index (χ2n) is 4.91. The Bertz CT molecular complexity index is 577. The molecule has 0 saturated carbocycles. The summed E-state index contributed by atoms with van der Waals surface area (Å²) in [6.45, 7) is 3.09. The SMILES string of the molecule is CNCc1ccc(NC(=O)OCc2ccc(C)cc2)cc1. The quantitative estimate of drug-likeness (QED) is 0.884.